The van der Waals surface area contributed by atoms with Crippen LogP contribution in [0.1, 0.15) is 5.56 Å². The third kappa shape index (κ3) is 2.43. The molecule has 0 fully saturated rings. The lowest BCUT2D eigenvalue weighted by Crippen LogP contribution is -2.32. The lowest BCUT2D eigenvalue weighted by molar-refractivity contribution is -0.131. The van der Waals surface area contributed by atoms with E-state index in [1.54, 1.807) is 11.8 Å². The molecule has 2 rings (SSSR count). The largest absolute Gasteiger partial charge is 0.277 e. The van der Waals surface area contributed by atoms with Crippen molar-refractivity contribution in [1.29, 1.82) is 0 Å². The molecule has 1 aromatic carbocycles. The van der Waals surface area contributed by atoms with E-state index in [1.807, 2.05) is 30.3 Å². The molecule has 16 heavy (non-hydrogen) atoms. The summed E-state index contributed by atoms with van der Waals surface area (Å²) in [6.45, 7) is 0. The number of benzene rings is 1. The smallest absolute Gasteiger partial charge is 0.269 e. The SMILES string of the molecule is CONC(=O)C1CSC(c2ccccc2)=N1. The zero-order chi connectivity index (χ0) is 11.4. The molecule has 1 N–H and O–H groups in total. The Morgan fingerprint density at radius 2 is 2.25 bits per heavy atom. The second kappa shape index (κ2) is 5.14. The van der Waals surface area contributed by atoms with Gasteiger partial charge in [0.2, 0.25) is 0 Å². The van der Waals surface area contributed by atoms with Gasteiger partial charge in [0.25, 0.3) is 5.91 Å². The van der Waals surface area contributed by atoms with Gasteiger partial charge in [-0.1, -0.05) is 30.3 Å². The Balaban J connectivity index is 2.09. The van der Waals surface area contributed by atoms with Crippen molar-refractivity contribution in [3.8, 4) is 0 Å². The molecule has 0 saturated heterocycles. The quantitative estimate of drug-likeness (QED) is 0.803. The minimum absolute atomic E-state index is 0.194. The van der Waals surface area contributed by atoms with Gasteiger partial charge >= 0.3 is 0 Å². The van der Waals surface area contributed by atoms with Crippen LogP contribution >= 0.6 is 11.8 Å². The molecule has 1 atom stereocenters. The Labute approximate surface area is 98.0 Å². The highest BCUT2D eigenvalue weighted by Gasteiger charge is 2.25. The van der Waals surface area contributed by atoms with Crippen molar-refractivity contribution in [1.82, 2.24) is 5.48 Å². The number of hydrogen-bond donors (Lipinski definition) is 1. The molecule has 0 bridgehead atoms. The highest BCUT2D eigenvalue weighted by atomic mass is 32.2. The fourth-order valence-corrected chi connectivity index (χ4v) is 2.46. The predicted octanol–water partition coefficient (Wildman–Crippen LogP) is 1.23. The summed E-state index contributed by atoms with van der Waals surface area (Å²) in [4.78, 5) is 20.4. The average molecular weight is 236 g/mol. The molecule has 0 aliphatic carbocycles. The molecule has 0 aromatic heterocycles. The number of rotatable bonds is 3. The molecule has 1 aliphatic rings. The van der Waals surface area contributed by atoms with Gasteiger partial charge in [-0.15, -0.1) is 11.8 Å². The molecule has 1 amide bonds. The summed E-state index contributed by atoms with van der Waals surface area (Å²) in [6.07, 6.45) is 0. The van der Waals surface area contributed by atoms with Crippen molar-refractivity contribution >= 4 is 22.7 Å². The Kier molecular flexibility index (Phi) is 3.58. The fraction of sp³-hybridized carbons (Fsp3) is 0.273. The number of hydrogen-bond acceptors (Lipinski definition) is 4. The van der Waals surface area contributed by atoms with Crippen molar-refractivity contribution in [2.45, 2.75) is 6.04 Å². The lowest BCUT2D eigenvalue weighted by Gasteiger charge is -2.04. The van der Waals surface area contributed by atoms with Gasteiger partial charge in [0, 0.05) is 11.3 Å². The minimum Gasteiger partial charge on any atom is -0.277 e. The zero-order valence-corrected chi connectivity index (χ0v) is 9.66. The molecule has 0 saturated carbocycles. The van der Waals surface area contributed by atoms with Gasteiger partial charge in [-0.25, -0.2) is 5.48 Å². The van der Waals surface area contributed by atoms with Crippen LogP contribution in [0, 0.1) is 0 Å². The first-order valence-electron chi connectivity index (χ1n) is 4.90. The van der Waals surface area contributed by atoms with Crippen molar-refractivity contribution in [3.05, 3.63) is 35.9 Å². The summed E-state index contributed by atoms with van der Waals surface area (Å²) >= 11 is 1.59. The number of amides is 1. The van der Waals surface area contributed by atoms with Crippen molar-refractivity contribution in [2.75, 3.05) is 12.9 Å². The average Bonchev–Trinajstić information content (AvgIpc) is 2.80. The second-order valence-corrected chi connectivity index (χ2v) is 4.31. The number of hydroxylamine groups is 1. The van der Waals surface area contributed by atoms with Crippen molar-refractivity contribution < 1.29 is 9.63 Å². The Bertz CT molecular complexity index is 406. The van der Waals surface area contributed by atoms with E-state index in [9.17, 15) is 4.79 Å². The van der Waals surface area contributed by atoms with Crippen molar-refractivity contribution in [3.63, 3.8) is 0 Å². The summed E-state index contributed by atoms with van der Waals surface area (Å²) in [5, 5.41) is 0.914. The first-order valence-corrected chi connectivity index (χ1v) is 5.88. The number of thioether (sulfide) groups is 1. The molecule has 0 radical (unpaired) electrons. The maximum Gasteiger partial charge on any atom is 0.269 e. The topological polar surface area (TPSA) is 50.7 Å². The van der Waals surface area contributed by atoms with Gasteiger partial charge in [-0.05, 0) is 0 Å². The van der Waals surface area contributed by atoms with Gasteiger partial charge in [-0.3, -0.25) is 14.6 Å². The van der Waals surface area contributed by atoms with E-state index < -0.39 is 0 Å². The minimum atomic E-state index is -0.347. The van der Waals surface area contributed by atoms with E-state index in [0.29, 0.717) is 5.75 Å². The highest BCUT2D eigenvalue weighted by Crippen LogP contribution is 2.23. The number of nitrogens with one attached hydrogen (secondary N) is 1. The van der Waals surface area contributed by atoms with Gasteiger partial charge < -0.3 is 0 Å². The highest BCUT2D eigenvalue weighted by molar-refractivity contribution is 8.14. The van der Waals surface area contributed by atoms with Crippen LogP contribution in [0.4, 0.5) is 0 Å². The third-order valence-corrected chi connectivity index (χ3v) is 3.27. The number of carbonyl (C=O) groups excluding carboxylic acids is 1. The molecule has 1 unspecified atom stereocenters. The van der Waals surface area contributed by atoms with E-state index >= 15 is 0 Å². The van der Waals surface area contributed by atoms with E-state index in [2.05, 4.69) is 15.3 Å². The predicted molar refractivity (Wildman–Crippen MR) is 64.4 cm³/mol. The maximum absolute atomic E-state index is 11.5. The fourth-order valence-electron chi connectivity index (χ4n) is 1.42. The van der Waals surface area contributed by atoms with Crippen LogP contribution in [-0.2, 0) is 9.63 Å². The van der Waals surface area contributed by atoms with E-state index in [-0.39, 0.29) is 11.9 Å². The van der Waals surface area contributed by atoms with E-state index in [4.69, 9.17) is 0 Å². The van der Waals surface area contributed by atoms with E-state index in [0.717, 1.165) is 10.6 Å². The van der Waals surface area contributed by atoms with Crippen molar-refractivity contribution in [2.24, 2.45) is 4.99 Å². The number of aliphatic imine (C=N–C) groups is 1. The van der Waals surface area contributed by atoms with Gasteiger partial charge in [0.1, 0.15) is 6.04 Å². The normalized spacial score (nSPS) is 19.3. The van der Waals surface area contributed by atoms with Gasteiger partial charge in [0.15, 0.2) is 0 Å². The standard InChI is InChI=1S/C11H12N2O2S/c1-15-13-10(14)9-7-16-11(12-9)8-5-3-2-4-6-8/h2-6,9H,7H2,1H3,(H,13,14). The van der Waals surface area contributed by atoms with Crippen LogP contribution in [-0.4, -0.2) is 29.9 Å². The van der Waals surface area contributed by atoms with Crippen LogP contribution in [0.5, 0.6) is 0 Å². The Morgan fingerprint density at radius 3 is 2.94 bits per heavy atom. The second-order valence-electron chi connectivity index (χ2n) is 3.30. The number of nitrogens with zero attached hydrogens (tertiary/aromatic N) is 1. The van der Waals surface area contributed by atoms with Gasteiger partial charge in [0.05, 0.1) is 12.2 Å². The molecule has 5 heteroatoms. The molecule has 0 spiro atoms. The molecule has 4 nitrogen and oxygen atoms in total. The first kappa shape index (κ1) is 11.2. The van der Waals surface area contributed by atoms with Crippen LogP contribution in [0.3, 0.4) is 0 Å². The molecular weight excluding hydrogens is 224 g/mol. The summed E-state index contributed by atoms with van der Waals surface area (Å²) in [5.74, 6) is 0.473. The first-order chi connectivity index (χ1) is 7.81. The van der Waals surface area contributed by atoms with Crippen LogP contribution in [0.2, 0.25) is 0 Å². The summed E-state index contributed by atoms with van der Waals surface area (Å²) in [7, 11) is 1.42. The van der Waals surface area contributed by atoms with Crippen LogP contribution < -0.4 is 5.48 Å². The maximum atomic E-state index is 11.5. The van der Waals surface area contributed by atoms with Crippen LogP contribution in [0.25, 0.3) is 0 Å². The number of carbonyl (C=O) groups is 1. The third-order valence-electron chi connectivity index (χ3n) is 2.18. The molecule has 1 heterocycles. The summed E-state index contributed by atoms with van der Waals surface area (Å²) in [5.41, 5.74) is 3.36. The lowest BCUT2D eigenvalue weighted by atomic mass is 10.2. The van der Waals surface area contributed by atoms with Crippen LogP contribution in [0.15, 0.2) is 35.3 Å². The van der Waals surface area contributed by atoms with E-state index in [1.165, 1.54) is 7.11 Å². The summed E-state index contributed by atoms with van der Waals surface area (Å²) in [6, 6.07) is 9.51. The molecule has 1 aliphatic heterocycles. The zero-order valence-electron chi connectivity index (χ0n) is 8.84. The molecule has 84 valence electrons. The Hall–Kier alpha value is -1.33. The Morgan fingerprint density at radius 1 is 1.50 bits per heavy atom. The molecular formula is C11H12N2O2S. The molecule has 1 aromatic rings. The summed E-state index contributed by atoms with van der Waals surface area (Å²) < 4.78 is 0. The van der Waals surface area contributed by atoms with Gasteiger partial charge in [-0.2, -0.15) is 0 Å². The monoisotopic (exact) mass is 236 g/mol.